The highest BCUT2D eigenvalue weighted by atomic mass is 16.5. The fourth-order valence-electron chi connectivity index (χ4n) is 1.30. The molecule has 0 aromatic carbocycles. The summed E-state index contributed by atoms with van der Waals surface area (Å²) in [5.41, 5.74) is 0.0537. The Bertz CT molecular complexity index is 200. The maximum Gasteiger partial charge on any atom is 0.320 e. The van der Waals surface area contributed by atoms with Crippen LogP contribution in [0.3, 0.4) is 0 Å². The predicted octanol–water partition coefficient (Wildman–Crippen LogP) is 0.300. The third kappa shape index (κ3) is 3.64. The zero-order chi connectivity index (χ0) is 10.6. The summed E-state index contributed by atoms with van der Waals surface area (Å²) in [6, 6.07) is 0. The van der Waals surface area contributed by atoms with Crippen LogP contribution in [0.1, 0.15) is 26.7 Å². The SMILES string of the molecule is CC(C)OC(=O)CNCC1(CO)CC1. The number of esters is 1. The Labute approximate surface area is 84.6 Å². The average Bonchev–Trinajstić information content (AvgIpc) is 2.84. The van der Waals surface area contributed by atoms with Crippen molar-refractivity contribution in [3.63, 3.8) is 0 Å². The van der Waals surface area contributed by atoms with Gasteiger partial charge in [0.1, 0.15) is 0 Å². The molecule has 0 aliphatic heterocycles. The van der Waals surface area contributed by atoms with Gasteiger partial charge in [-0.15, -0.1) is 0 Å². The molecule has 1 saturated carbocycles. The molecular formula is C10H19NO3. The summed E-state index contributed by atoms with van der Waals surface area (Å²) in [7, 11) is 0. The zero-order valence-corrected chi connectivity index (χ0v) is 8.88. The van der Waals surface area contributed by atoms with E-state index in [0.29, 0.717) is 6.54 Å². The van der Waals surface area contributed by atoms with E-state index in [-0.39, 0.29) is 30.6 Å². The molecule has 0 radical (unpaired) electrons. The van der Waals surface area contributed by atoms with Crippen molar-refractivity contribution in [1.29, 1.82) is 0 Å². The van der Waals surface area contributed by atoms with Gasteiger partial charge >= 0.3 is 5.97 Å². The minimum absolute atomic E-state index is 0.0537. The lowest BCUT2D eigenvalue weighted by Gasteiger charge is -2.13. The van der Waals surface area contributed by atoms with Gasteiger partial charge in [0.15, 0.2) is 0 Å². The lowest BCUT2D eigenvalue weighted by atomic mass is 10.1. The van der Waals surface area contributed by atoms with Crippen LogP contribution in [0.15, 0.2) is 0 Å². The number of rotatable bonds is 6. The molecule has 0 spiro atoms. The van der Waals surface area contributed by atoms with Gasteiger partial charge in [-0.25, -0.2) is 0 Å². The van der Waals surface area contributed by atoms with E-state index in [1.807, 2.05) is 13.8 Å². The van der Waals surface area contributed by atoms with Crippen LogP contribution in [0.4, 0.5) is 0 Å². The van der Waals surface area contributed by atoms with E-state index in [2.05, 4.69) is 5.32 Å². The first kappa shape index (κ1) is 11.5. The third-order valence-electron chi connectivity index (χ3n) is 2.43. The van der Waals surface area contributed by atoms with Crippen LogP contribution < -0.4 is 5.32 Å². The van der Waals surface area contributed by atoms with Crippen molar-refractivity contribution in [2.75, 3.05) is 19.7 Å². The molecule has 0 bridgehead atoms. The first-order valence-electron chi connectivity index (χ1n) is 5.09. The van der Waals surface area contributed by atoms with Gasteiger partial charge < -0.3 is 15.2 Å². The molecule has 0 heterocycles. The summed E-state index contributed by atoms with van der Waals surface area (Å²) in [6.45, 7) is 4.80. The van der Waals surface area contributed by atoms with E-state index in [0.717, 1.165) is 12.8 Å². The molecule has 82 valence electrons. The van der Waals surface area contributed by atoms with E-state index in [1.165, 1.54) is 0 Å². The zero-order valence-electron chi connectivity index (χ0n) is 8.88. The second kappa shape index (κ2) is 4.75. The minimum Gasteiger partial charge on any atom is -0.462 e. The van der Waals surface area contributed by atoms with Crippen molar-refractivity contribution >= 4 is 5.97 Å². The second-order valence-corrected chi connectivity index (χ2v) is 4.30. The molecule has 4 heteroatoms. The van der Waals surface area contributed by atoms with E-state index in [4.69, 9.17) is 9.84 Å². The number of ether oxygens (including phenoxy) is 1. The Morgan fingerprint density at radius 1 is 1.57 bits per heavy atom. The molecule has 0 amide bonds. The van der Waals surface area contributed by atoms with Crippen molar-refractivity contribution in [1.82, 2.24) is 5.32 Å². The Morgan fingerprint density at radius 2 is 2.21 bits per heavy atom. The lowest BCUT2D eigenvalue weighted by molar-refractivity contribution is -0.146. The molecule has 2 N–H and O–H groups in total. The van der Waals surface area contributed by atoms with Crippen LogP contribution in [0, 0.1) is 5.41 Å². The monoisotopic (exact) mass is 201 g/mol. The fraction of sp³-hybridized carbons (Fsp3) is 0.900. The van der Waals surface area contributed by atoms with Crippen LogP contribution in [0.2, 0.25) is 0 Å². The van der Waals surface area contributed by atoms with Gasteiger partial charge in [-0.1, -0.05) is 0 Å². The van der Waals surface area contributed by atoms with Gasteiger partial charge in [0.05, 0.1) is 12.6 Å². The number of hydrogen-bond donors (Lipinski definition) is 2. The molecule has 4 nitrogen and oxygen atoms in total. The topological polar surface area (TPSA) is 58.6 Å². The van der Waals surface area contributed by atoms with Crippen molar-refractivity contribution in [2.45, 2.75) is 32.8 Å². The highest BCUT2D eigenvalue weighted by molar-refractivity contribution is 5.71. The van der Waals surface area contributed by atoms with Crippen molar-refractivity contribution in [2.24, 2.45) is 5.41 Å². The average molecular weight is 201 g/mol. The fourth-order valence-corrected chi connectivity index (χ4v) is 1.30. The molecule has 0 aromatic heterocycles. The van der Waals surface area contributed by atoms with Crippen molar-refractivity contribution in [3.8, 4) is 0 Å². The Kier molecular flexibility index (Phi) is 3.89. The van der Waals surface area contributed by atoms with Crippen LogP contribution in [-0.2, 0) is 9.53 Å². The molecule has 14 heavy (non-hydrogen) atoms. The van der Waals surface area contributed by atoms with Gasteiger partial charge in [-0.05, 0) is 26.7 Å². The maximum absolute atomic E-state index is 11.1. The van der Waals surface area contributed by atoms with Crippen molar-refractivity contribution < 1.29 is 14.6 Å². The Morgan fingerprint density at radius 3 is 2.64 bits per heavy atom. The number of hydrogen-bond acceptors (Lipinski definition) is 4. The van der Waals surface area contributed by atoms with Gasteiger partial charge in [-0.3, -0.25) is 4.79 Å². The molecule has 0 atom stereocenters. The first-order chi connectivity index (χ1) is 6.58. The van der Waals surface area contributed by atoms with Crippen LogP contribution in [0.25, 0.3) is 0 Å². The summed E-state index contributed by atoms with van der Waals surface area (Å²) in [5.74, 6) is -0.228. The van der Waals surface area contributed by atoms with E-state index in [1.54, 1.807) is 0 Å². The number of carbonyl (C=O) groups is 1. The quantitative estimate of drug-likeness (QED) is 0.607. The largest absolute Gasteiger partial charge is 0.462 e. The standard InChI is InChI=1S/C10H19NO3/c1-8(2)14-9(13)5-11-6-10(7-12)3-4-10/h8,11-12H,3-7H2,1-2H3. The highest BCUT2D eigenvalue weighted by Crippen LogP contribution is 2.44. The number of carbonyl (C=O) groups excluding carboxylic acids is 1. The summed E-state index contributed by atoms with van der Waals surface area (Å²) in [4.78, 5) is 11.1. The summed E-state index contributed by atoms with van der Waals surface area (Å²) >= 11 is 0. The van der Waals surface area contributed by atoms with Crippen molar-refractivity contribution in [3.05, 3.63) is 0 Å². The van der Waals surface area contributed by atoms with Gasteiger partial charge in [0.25, 0.3) is 0 Å². The van der Waals surface area contributed by atoms with Gasteiger partial charge in [0, 0.05) is 18.6 Å². The van der Waals surface area contributed by atoms with E-state index >= 15 is 0 Å². The molecule has 0 saturated heterocycles. The molecule has 1 aliphatic rings. The summed E-state index contributed by atoms with van der Waals surface area (Å²) < 4.78 is 4.96. The minimum atomic E-state index is -0.228. The number of aliphatic hydroxyl groups is 1. The maximum atomic E-state index is 11.1. The smallest absolute Gasteiger partial charge is 0.320 e. The first-order valence-corrected chi connectivity index (χ1v) is 5.09. The number of aliphatic hydroxyl groups excluding tert-OH is 1. The normalized spacial score (nSPS) is 18.3. The van der Waals surface area contributed by atoms with Crippen LogP contribution >= 0.6 is 0 Å². The summed E-state index contributed by atoms with van der Waals surface area (Å²) in [5, 5.41) is 12.0. The lowest BCUT2D eigenvalue weighted by Crippen LogP contribution is -2.32. The van der Waals surface area contributed by atoms with Crippen LogP contribution in [-0.4, -0.2) is 36.9 Å². The summed E-state index contributed by atoms with van der Waals surface area (Å²) in [6.07, 6.45) is 2.04. The molecule has 0 unspecified atom stereocenters. The number of nitrogens with one attached hydrogen (secondary N) is 1. The molecular weight excluding hydrogens is 182 g/mol. The highest BCUT2D eigenvalue weighted by Gasteiger charge is 2.41. The van der Waals surface area contributed by atoms with Gasteiger partial charge in [0.2, 0.25) is 0 Å². The van der Waals surface area contributed by atoms with E-state index in [9.17, 15) is 4.79 Å². The molecule has 1 rings (SSSR count). The Hall–Kier alpha value is -0.610. The predicted molar refractivity (Wildman–Crippen MR) is 52.9 cm³/mol. The third-order valence-corrected chi connectivity index (χ3v) is 2.43. The van der Waals surface area contributed by atoms with Gasteiger partial charge in [-0.2, -0.15) is 0 Å². The van der Waals surface area contributed by atoms with E-state index < -0.39 is 0 Å². The van der Waals surface area contributed by atoms with Crippen LogP contribution in [0.5, 0.6) is 0 Å². The second-order valence-electron chi connectivity index (χ2n) is 4.30. The molecule has 1 fully saturated rings. The Balaban J connectivity index is 2.06. The molecule has 0 aromatic rings. The molecule has 1 aliphatic carbocycles.